The van der Waals surface area contributed by atoms with E-state index in [1.807, 2.05) is 75.4 Å². The standard InChI is InChI=1S/C64H88N6O12/c1-15-49-19-16-21-51(31-49)35-66-44(3)26-58(72)78-40-55(39-77-57(71)25-43(2)65-14)81-61(75)28-46(5)68-37-53-23-18-24-54(33-53)38-69-47(6)29-62(76)82-56(42-80-60(74)30-48(7)70-64(11,12)13)41-79-59(73)27-45(4)67-36-52-22-17-20-50(32-52)34-63(8,9)10/h16-24,31-33,55-56H,15,25-30,34-42H2,1-14H3. The molecular weight excluding hydrogens is 1040 g/mol. The summed E-state index contributed by atoms with van der Waals surface area (Å²) < 4.78 is 33.2. The van der Waals surface area contributed by atoms with Crippen LogP contribution in [0.3, 0.4) is 0 Å². The molecule has 0 saturated carbocycles. The fourth-order valence-electron chi connectivity index (χ4n) is 7.93. The molecule has 18 nitrogen and oxygen atoms in total. The zero-order valence-electron chi connectivity index (χ0n) is 51.0. The molecule has 0 aliphatic rings. The minimum absolute atomic E-state index is 0.0489. The van der Waals surface area contributed by atoms with E-state index in [1.165, 1.54) is 11.1 Å². The maximum absolute atomic E-state index is 13.3. The average Bonchev–Trinajstić information content (AvgIpc) is 3.41. The maximum Gasteiger partial charge on any atom is 0.312 e. The van der Waals surface area contributed by atoms with Gasteiger partial charge in [-0.15, -0.1) is 0 Å². The quantitative estimate of drug-likeness (QED) is 0.0323. The van der Waals surface area contributed by atoms with Gasteiger partial charge in [-0.05, 0) is 114 Å². The van der Waals surface area contributed by atoms with Crippen molar-refractivity contribution in [1.82, 2.24) is 0 Å². The lowest BCUT2D eigenvalue weighted by atomic mass is 9.88. The molecule has 3 aromatic carbocycles. The number of rotatable bonds is 32. The van der Waals surface area contributed by atoms with Crippen molar-refractivity contribution in [3.8, 4) is 0 Å². The van der Waals surface area contributed by atoms with Gasteiger partial charge in [0.2, 0.25) is 0 Å². The molecule has 18 heteroatoms. The molecule has 3 rings (SSSR count). The maximum atomic E-state index is 13.3. The van der Waals surface area contributed by atoms with Gasteiger partial charge in [0.1, 0.15) is 26.4 Å². The van der Waals surface area contributed by atoms with Crippen LogP contribution in [0.1, 0.15) is 162 Å². The topological polar surface area (TPSA) is 232 Å². The van der Waals surface area contributed by atoms with Gasteiger partial charge >= 0.3 is 35.8 Å². The normalized spacial score (nSPS) is 13.7. The monoisotopic (exact) mass is 1130 g/mol. The van der Waals surface area contributed by atoms with Crippen LogP contribution in [0.2, 0.25) is 0 Å². The highest BCUT2D eigenvalue weighted by Gasteiger charge is 2.23. The molecule has 0 heterocycles. The Morgan fingerprint density at radius 1 is 0.415 bits per heavy atom. The van der Waals surface area contributed by atoms with Gasteiger partial charge in [-0.1, -0.05) is 100 Å². The molecule has 2 atom stereocenters. The van der Waals surface area contributed by atoms with E-state index in [0.29, 0.717) is 47.4 Å². The van der Waals surface area contributed by atoms with E-state index < -0.39 is 48.0 Å². The van der Waals surface area contributed by atoms with Gasteiger partial charge in [0.15, 0.2) is 12.2 Å². The van der Waals surface area contributed by atoms with Gasteiger partial charge in [-0.3, -0.25) is 58.7 Å². The Kier molecular flexibility index (Phi) is 29.7. The molecule has 0 bridgehead atoms. The van der Waals surface area contributed by atoms with Crippen LogP contribution in [0, 0.1) is 5.41 Å². The smallest absolute Gasteiger partial charge is 0.312 e. The zero-order chi connectivity index (χ0) is 60.8. The van der Waals surface area contributed by atoms with E-state index in [-0.39, 0.29) is 89.0 Å². The van der Waals surface area contributed by atoms with Crippen molar-refractivity contribution in [2.45, 2.75) is 185 Å². The van der Waals surface area contributed by atoms with Crippen molar-refractivity contribution in [3.05, 3.63) is 106 Å². The van der Waals surface area contributed by atoms with E-state index >= 15 is 0 Å². The number of carbonyl (C=O) groups excluding carboxylic acids is 6. The summed E-state index contributed by atoms with van der Waals surface area (Å²) in [6.07, 6.45) is -0.958. The van der Waals surface area contributed by atoms with Crippen LogP contribution in [0.25, 0.3) is 0 Å². The third-order valence-electron chi connectivity index (χ3n) is 11.9. The third kappa shape index (κ3) is 31.5. The van der Waals surface area contributed by atoms with Crippen LogP contribution in [0.4, 0.5) is 0 Å². The lowest BCUT2D eigenvalue weighted by molar-refractivity contribution is -0.165. The molecule has 0 aliphatic carbocycles. The number of aliphatic imine (C=N–C) groups is 6. The highest BCUT2D eigenvalue weighted by molar-refractivity contribution is 6.00. The van der Waals surface area contributed by atoms with Gasteiger partial charge in [-0.25, -0.2) is 0 Å². The molecule has 0 N–H and O–H groups in total. The first kappa shape index (κ1) is 68.8. The molecular formula is C64H88N6O12. The lowest BCUT2D eigenvalue weighted by Gasteiger charge is -2.19. The van der Waals surface area contributed by atoms with Crippen molar-refractivity contribution in [3.63, 3.8) is 0 Å². The molecule has 82 heavy (non-hydrogen) atoms. The largest absolute Gasteiger partial charge is 0.461 e. The number of esters is 6. The third-order valence-corrected chi connectivity index (χ3v) is 11.9. The molecule has 0 saturated heterocycles. The summed E-state index contributed by atoms with van der Waals surface area (Å²) in [5, 5.41) is 0. The van der Waals surface area contributed by atoms with E-state index in [0.717, 1.165) is 35.1 Å². The SMILES string of the molecule is CCc1cccc(CN=C(C)CC(=O)OCC(COC(=O)CC(C)=NC)OC(=O)CC(C)=NCc2cccc(CN=C(C)CC(=O)OC(COC(=O)CC(C)=NCc3cccc(CC(C)(C)C)c3)COC(=O)CC(C)=NC(C)(C)C)c2)c1. The van der Waals surface area contributed by atoms with Crippen molar-refractivity contribution in [2.75, 3.05) is 33.5 Å². The van der Waals surface area contributed by atoms with E-state index in [4.69, 9.17) is 28.4 Å². The number of carbonyl (C=O) groups is 6. The summed E-state index contributed by atoms with van der Waals surface area (Å²) in [5.74, 6) is -3.60. The van der Waals surface area contributed by atoms with E-state index in [9.17, 15) is 28.8 Å². The molecule has 446 valence electrons. The molecule has 0 radical (unpaired) electrons. The van der Waals surface area contributed by atoms with E-state index in [2.05, 4.69) is 75.8 Å². The molecule has 2 unspecified atom stereocenters. The Morgan fingerprint density at radius 3 is 1.04 bits per heavy atom. The van der Waals surface area contributed by atoms with Gasteiger partial charge < -0.3 is 28.4 Å². The molecule has 0 fully saturated rings. The zero-order valence-corrected chi connectivity index (χ0v) is 51.0. The second-order valence-electron chi connectivity index (χ2n) is 22.8. The number of ether oxygens (including phenoxy) is 6. The average molecular weight is 1130 g/mol. The Balaban J connectivity index is 1.59. The van der Waals surface area contributed by atoms with Crippen molar-refractivity contribution in [1.29, 1.82) is 0 Å². The van der Waals surface area contributed by atoms with Gasteiger partial charge in [0, 0.05) is 41.3 Å². The van der Waals surface area contributed by atoms with Crippen LogP contribution in [0.5, 0.6) is 0 Å². The summed E-state index contributed by atoms with van der Waals surface area (Å²) in [6, 6.07) is 23.8. The highest BCUT2D eigenvalue weighted by atomic mass is 16.6. The molecule has 0 spiro atoms. The van der Waals surface area contributed by atoms with Gasteiger partial charge in [0.25, 0.3) is 0 Å². The Bertz CT molecular complexity index is 2810. The minimum atomic E-state index is -1.09. The summed E-state index contributed by atoms with van der Waals surface area (Å²) in [7, 11) is 1.56. The predicted octanol–water partition coefficient (Wildman–Crippen LogP) is 10.8. The first-order chi connectivity index (χ1) is 38.6. The van der Waals surface area contributed by atoms with E-state index in [1.54, 1.807) is 48.6 Å². The Morgan fingerprint density at radius 2 is 0.707 bits per heavy atom. The Labute approximate surface area is 485 Å². The predicted molar refractivity (Wildman–Crippen MR) is 322 cm³/mol. The number of hydrogen-bond acceptors (Lipinski definition) is 18. The molecule has 0 aromatic heterocycles. The summed E-state index contributed by atoms with van der Waals surface area (Å²) >= 11 is 0. The molecule has 0 amide bonds. The fraction of sp³-hybridized carbons (Fsp3) is 0.531. The lowest BCUT2D eigenvalue weighted by Crippen LogP contribution is -2.32. The van der Waals surface area contributed by atoms with Crippen molar-refractivity contribution < 1.29 is 57.2 Å². The van der Waals surface area contributed by atoms with Crippen LogP contribution >= 0.6 is 0 Å². The number of hydrogen-bond donors (Lipinski definition) is 0. The Hall–Kier alpha value is -7.50. The minimum Gasteiger partial charge on any atom is -0.461 e. The molecule has 0 aliphatic heterocycles. The van der Waals surface area contributed by atoms with Crippen LogP contribution in [0.15, 0.2) is 103 Å². The summed E-state index contributed by atoms with van der Waals surface area (Å²) in [6.45, 7) is 24.6. The van der Waals surface area contributed by atoms with Crippen molar-refractivity contribution >= 4 is 70.1 Å². The van der Waals surface area contributed by atoms with Crippen LogP contribution in [-0.4, -0.2) is 121 Å². The molecule has 3 aromatic rings. The number of nitrogens with zero attached hydrogens (tertiary/aromatic N) is 6. The summed E-state index contributed by atoms with van der Waals surface area (Å²) in [4.78, 5) is 104. The summed E-state index contributed by atoms with van der Waals surface area (Å²) in [5.41, 5.74) is 9.15. The second kappa shape index (κ2) is 35.4. The first-order valence-electron chi connectivity index (χ1n) is 27.9. The van der Waals surface area contributed by atoms with Crippen LogP contribution in [-0.2, 0) is 96.2 Å². The van der Waals surface area contributed by atoms with Crippen molar-refractivity contribution in [2.24, 2.45) is 35.4 Å². The number of aryl methyl sites for hydroxylation is 1. The highest BCUT2D eigenvalue weighted by Crippen LogP contribution is 2.22. The second-order valence-corrected chi connectivity index (χ2v) is 22.8. The first-order valence-corrected chi connectivity index (χ1v) is 27.9. The number of benzene rings is 3. The van der Waals surface area contributed by atoms with Crippen LogP contribution < -0.4 is 0 Å². The fourth-order valence-corrected chi connectivity index (χ4v) is 7.93. The van der Waals surface area contributed by atoms with Gasteiger partial charge in [0.05, 0.1) is 70.2 Å². The van der Waals surface area contributed by atoms with Gasteiger partial charge in [-0.2, -0.15) is 0 Å².